The summed E-state index contributed by atoms with van der Waals surface area (Å²) < 4.78 is 14.2. The summed E-state index contributed by atoms with van der Waals surface area (Å²) in [5.74, 6) is 0.753. The number of nitrogen functional groups attached to an aromatic ring is 1. The monoisotopic (exact) mass is 445 g/mol. The maximum absolute atomic E-state index is 14.2. The van der Waals surface area contributed by atoms with Crippen molar-refractivity contribution in [1.29, 1.82) is 0 Å². The number of hydrogen-bond acceptors (Lipinski definition) is 5. The largest absolute Gasteiger partial charge is 0.397 e. The third kappa shape index (κ3) is 5.13. The molecule has 4 rings (SSSR count). The van der Waals surface area contributed by atoms with Crippen molar-refractivity contribution in [3.05, 3.63) is 52.4 Å². The number of piperazine rings is 1. The van der Waals surface area contributed by atoms with Gasteiger partial charge in [0.2, 0.25) is 0 Å². The Morgan fingerprint density at radius 2 is 1.94 bits per heavy atom. The van der Waals surface area contributed by atoms with Gasteiger partial charge in [0.1, 0.15) is 11.6 Å². The van der Waals surface area contributed by atoms with Gasteiger partial charge in [-0.25, -0.2) is 9.37 Å². The number of hydrogen-bond donors (Lipinski definition) is 1. The Balaban J connectivity index is 1.34. The molecule has 7 heteroatoms. The van der Waals surface area contributed by atoms with E-state index in [0.29, 0.717) is 29.3 Å². The Labute approximate surface area is 190 Å². The number of benzene rings is 1. The zero-order valence-corrected chi connectivity index (χ0v) is 19.3. The van der Waals surface area contributed by atoms with Gasteiger partial charge in [0.25, 0.3) is 0 Å². The normalized spacial score (nSPS) is 21.5. The van der Waals surface area contributed by atoms with Crippen LogP contribution in [0.2, 0.25) is 5.02 Å². The van der Waals surface area contributed by atoms with Crippen LogP contribution in [0.15, 0.2) is 30.5 Å². The van der Waals surface area contributed by atoms with E-state index in [4.69, 9.17) is 17.3 Å². The summed E-state index contributed by atoms with van der Waals surface area (Å²) in [4.78, 5) is 11.9. The zero-order chi connectivity index (χ0) is 22.0. The molecule has 0 amide bonds. The zero-order valence-electron chi connectivity index (χ0n) is 18.5. The molecule has 2 saturated heterocycles. The summed E-state index contributed by atoms with van der Waals surface area (Å²) in [5.41, 5.74) is 8.18. The first-order valence-corrected chi connectivity index (χ1v) is 11.7. The van der Waals surface area contributed by atoms with E-state index in [1.54, 1.807) is 18.3 Å². The summed E-state index contributed by atoms with van der Waals surface area (Å²) in [6.45, 7) is 9.78. The maximum atomic E-state index is 14.2. The average Bonchev–Trinajstić information content (AvgIpc) is 2.76. The molecular formula is C24H33ClFN5. The van der Waals surface area contributed by atoms with Gasteiger partial charge in [0, 0.05) is 43.8 Å². The van der Waals surface area contributed by atoms with Crippen LogP contribution in [0.25, 0.3) is 0 Å². The van der Waals surface area contributed by atoms with Crippen LogP contribution < -0.4 is 10.6 Å². The van der Waals surface area contributed by atoms with Crippen molar-refractivity contribution < 1.29 is 4.39 Å². The molecule has 2 aromatic rings. The Morgan fingerprint density at radius 1 is 1.16 bits per heavy atom. The predicted molar refractivity (Wildman–Crippen MR) is 126 cm³/mol. The van der Waals surface area contributed by atoms with Crippen LogP contribution in [0.4, 0.5) is 15.9 Å². The molecule has 31 heavy (non-hydrogen) atoms. The number of piperidine rings is 1. The number of likely N-dealkylation sites (tertiary alicyclic amines) is 1. The molecule has 1 unspecified atom stereocenters. The molecule has 0 aliphatic carbocycles. The van der Waals surface area contributed by atoms with E-state index in [9.17, 15) is 4.39 Å². The second-order valence-electron chi connectivity index (χ2n) is 8.92. The van der Waals surface area contributed by atoms with Crippen molar-refractivity contribution in [2.75, 3.05) is 43.4 Å². The van der Waals surface area contributed by atoms with E-state index in [2.05, 4.69) is 26.6 Å². The second kappa shape index (κ2) is 9.72. The molecule has 168 valence electrons. The third-order valence-corrected chi connectivity index (χ3v) is 7.05. The number of aryl methyl sites for hydroxylation is 1. The molecule has 2 aliphatic rings. The molecule has 1 aromatic heterocycles. The molecular weight excluding hydrogens is 413 g/mol. The van der Waals surface area contributed by atoms with Gasteiger partial charge in [-0.05, 0) is 57.0 Å². The topological polar surface area (TPSA) is 48.6 Å². The van der Waals surface area contributed by atoms with E-state index >= 15 is 0 Å². The Kier molecular flexibility index (Phi) is 6.99. The summed E-state index contributed by atoms with van der Waals surface area (Å²) in [7, 11) is 0. The number of nitrogens with zero attached hydrogens (tertiary/aromatic N) is 4. The number of halogens is 2. The van der Waals surface area contributed by atoms with Gasteiger partial charge in [0.15, 0.2) is 0 Å². The highest BCUT2D eigenvalue weighted by molar-refractivity contribution is 6.33. The van der Waals surface area contributed by atoms with Crippen molar-refractivity contribution in [2.24, 2.45) is 0 Å². The van der Waals surface area contributed by atoms with Crippen LogP contribution in [0, 0.1) is 12.7 Å². The van der Waals surface area contributed by atoms with E-state index in [1.165, 1.54) is 0 Å². The highest BCUT2D eigenvalue weighted by atomic mass is 35.5. The minimum atomic E-state index is -0.0840. The molecule has 3 heterocycles. The number of aromatic nitrogens is 1. The van der Waals surface area contributed by atoms with Crippen LogP contribution in [0.5, 0.6) is 0 Å². The first-order chi connectivity index (χ1) is 14.9. The molecule has 2 fully saturated rings. The van der Waals surface area contributed by atoms with Crippen molar-refractivity contribution >= 4 is 23.1 Å². The van der Waals surface area contributed by atoms with E-state index < -0.39 is 0 Å². The predicted octanol–water partition coefficient (Wildman–Crippen LogP) is 4.33. The molecule has 1 aromatic carbocycles. The first kappa shape index (κ1) is 22.3. The van der Waals surface area contributed by atoms with Gasteiger partial charge < -0.3 is 10.6 Å². The van der Waals surface area contributed by atoms with Crippen LogP contribution in [0.1, 0.15) is 37.3 Å². The summed E-state index contributed by atoms with van der Waals surface area (Å²) in [6.07, 6.45) is 5.04. The molecule has 0 bridgehead atoms. The number of anilines is 2. The second-order valence-corrected chi connectivity index (χ2v) is 9.33. The van der Waals surface area contributed by atoms with Crippen LogP contribution in [-0.2, 0) is 6.54 Å². The lowest BCUT2D eigenvalue weighted by atomic mass is 9.97. The van der Waals surface area contributed by atoms with Crippen LogP contribution in [0.3, 0.4) is 0 Å². The molecule has 0 saturated carbocycles. The standard InChI is InChI=1S/C24H33ClFN5/c1-3-20-16-30(24-22(25)13-19(27)14-28-24)10-11-31(20)21-6-8-29(9-7-21)15-18-5-4-17(2)12-23(18)26/h4-5,12-14,20-21H,3,6-11,15-16,27H2,1-2H3. The fraction of sp³-hybridized carbons (Fsp3) is 0.542. The van der Waals surface area contributed by atoms with Gasteiger partial charge in [-0.1, -0.05) is 30.7 Å². The average molecular weight is 446 g/mol. The maximum Gasteiger partial charge on any atom is 0.147 e. The molecule has 0 spiro atoms. The van der Waals surface area contributed by atoms with Crippen molar-refractivity contribution in [1.82, 2.24) is 14.8 Å². The minimum absolute atomic E-state index is 0.0840. The molecule has 0 radical (unpaired) electrons. The molecule has 2 aliphatic heterocycles. The van der Waals surface area contributed by atoms with Gasteiger partial charge in [-0.3, -0.25) is 9.80 Å². The van der Waals surface area contributed by atoms with Crippen LogP contribution >= 0.6 is 11.6 Å². The van der Waals surface area contributed by atoms with E-state index in [1.807, 2.05) is 19.1 Å². The third-order valence-electron chi connectivity index (χ3n) is 6.77. The highest BCUT2D eigenvalue weighted by Gasteiger charge is 2.34. The van der Waals surface area contributed by atoms with Gasteiger partial charge >= 0.3 is 0 Å². The summed E-state index contributed by atoms with van der Waals surface area (Å²) >= 11 is 6.41. The lowest BCUT2D eigenvalue weighted by molar-refractivity contribution is 0.0607. The van der Waals surface area contributed by atoms with E-state index in [-0.39, 0.29) is 5.82 Å². The minimum Gasteiger partial charge on any atom is -0.397 e. The van der Waals surface area contributed by atoms with Crippen molar-refractivity contribution in [3.8, 4) is 0 Å². The van der Waals surface area contributed by atoms with Gasteiger partial charge in [-0.15, -0.1) is 0 Å². The smallest absolute Gasteiger partial charge is 0.147 e. The summed E-state index contributed by atoms with van der Waals surface area (Å²) in [5, 5.41) is 0.625. The Hall–Kier alpha value is -1.89. The van der Waals surface area contributed by atoms with Crippen LogP contribution in [-0.4, -0.2) is 59.6 Å². The molecule has 5 nitrogen and oxygen atoms in total. The number of nitrogens with two attached hydrogens (primary N) is 1. The Bertz CT molecular complexity index is 900. The fourth-order valence-electron chi connectivity index (χ4n) is 5.01. The van der Waals surface area contributed by atoms with Crippen molar-refractivity contribution in [2.45, 2.75) is 51.7 Å². The fourth-order valence-corrected chi connectivity index (χ4v) is 5.31. The lowest BCUT2D eigenvalue weighted by Gasteiger charge is -2.47. The first-order valence-electron chi connectivity index (χ1n) is 11.3. The molecule has 2 N–H and O–H groups in total. The molecule has 1 atom stereocenters. The quantitative estimate of drug-likeness (QED) is 0.742. The van der Waals surface area contributed by atoms with Gasteiger partial charge in [-0.2, -0.15) is 0 Å². The number of pyridine rings is 1. The summed E-state index contributed by atoms with van der Waals surface area (Å²) in [6, 6.07) is 8.41. The number of rotatable bonds is 5. The highest BCUT2D eigenvalue weighted by Crippen LogP contribution is 2.30. The SMILES string of the molecule is CCC1CN(c2ncc(N)cc2Cl)CCN1C1CCN(Cc2ccc(C)cc2F)CC1. The lowest BCUT2D eigenvalue weighted by Crippen LogP contribution is -2.58. The van der Waals surface area contributed by atoms with Crippen molar-refractivity contribution in [3.63, 3.8) is 0 Å². The van der Waals surface area contributed by atoms with E-state index in [0.717, 1.165) is 68.9 Å². The van der Waals surface area contributed by atoms with Gasteiger partial charge in [0.05, 0.1) is 16.9 Å². The Morgan fingerprint density at radius 3 is 2.61 bits per heavy atom.